The minimum atomic E-state index is -0.877. The van der Waals surface area contributed by atoms with Crippen LogP contribution in [0.1, 0.15) is 42.1 Å². The number of likely N-dealkylation sites (tertiary alicyclic amines) is 1. The van der Waals surface area contributed by atoms with Crippen molar-refractivity contribution in [3.63, 3.8) is 0 Å². The number of benzene rings is 3. The number of methoxy groups -OCH3 is 3. The molecule has 9 heteroatoms. The van der Waals surface area contributed by atoms with Crippen molar-refractivity contribution in [1.82, 2.24) is 9.80 Å². The topological polar surface area (TPSA) is 97.8 Å². The minimum Gasteiger partial charge on any atom is -0.507 e. The second-order valence-corrected chi connectivity index (χ2v) is 10.2. The molecule has 0 unspecified atom stereocenters. The highest BCUT2D eigenvalue weighted by Gasteiger charge is 2.46. The zero-order chi connectivity index (χ0) is 31.1. The Bertz CT molecular complexity index is 1460. The summed E-state index contributed by atoms with van der Waals surface area (Å²) in [5, 5.41) is 11.7. The summed E-state index contributed by atoms with van der Waals surface area (Å²) in [7, 11) is 4.51. The molecule has 0 radical (unpaired) electrons. The summed E-state index contributed by atoms with van der Waals surface area (Å²) in [6, 6.07) is 17.6. The third kappa shape index (κ3) is 6.62. The number of hydrogen-bond acceptors (Lipinski definition) is 8. The molecule has 1 fully saturated rings. The van der Waals surface area contributed by atoms with Crippen molar-refractivity contribution < 1.29 is 33.6 Å². The van der Waals surface area contributed by atoms with E-state index in [0.717, 1.165) is 18.7 Å². The van der Waals surface area contributed by atoms with Gasteiger partial charge in [0.05, 0.1) is 32.9 Å². The number of Topliss-reactive ketones (excluding diaryl/α,β-unsaturated/α-hetero) is 1. The van der Waals surface area contributed by atoms with Crippen LogP contribution in [0.4, 0.5) is 0 Å². The molecule has 1 amide bonds. The smallest absolute Gasteiger partial charge is 0.295 e. The minimum absolute atomic E-state index is 0.000117. The van der Waals surface area contributed by atoms with Crippen LogP contribution in [0.5, 0.6) is 23.0 Å². The summed E-state index contributed by atoms with van der Waals surface area (Å²) in [5.74, 6) is 0.0844. The number of aliphatic hydroxyl groups excluding tert-OH is 1. The standard InChI is InChI=1S/C34H40N2O7/c1-7-35(8-2)16-17-36-30(24-19-27(40-4)33(42-6)28(20-24)41-5)29(32(38)34(36)39)31(37)26-15-14-25(18-22(26)3)43-21-23-12-10-9-11-13-23/h9-15,18-20,30,37H,7-8,16-17,21H2,1-6H3/t30-/m0/s1. The summed E-state index contributed by atoms with van der Waals surface area (Å²) < 4.78 is 22.6. The summed E-state index contributed by atoms with van der Waals surface area (Å²) >= 11 is 0. The van der Waals surface area contributed by atoms with E-state index in [1.54, 1.807) is 24.3 Å². The Hall–Kier alpha value is -4.50. The molecule has 0 bridgehead atoms. The Morgan fingerprint density at radius 2 is 1.56 bits per heavy atom. The second-order valence-electron chi connectivity index (χ2n) is 10.2. The van der Waals surface area contributed by atoms with E-state index in [1.807, 2.05) is 57.2 Å². The maximum absolute atomic E-state index is 13.6. The number of carbonyl (C=O) groups excluding carboxylic acids is 2. The first-order valence-electron chi connectivity index (χ1n) is 14.4. The number of carbonyl (C=O) groups is 2. The van der Waals surface area contributed by atoms with Crippen LogP contribution in [0.15, 0.2) is 66.2 Å². The van der Waals surface area contributed by atoms with Crippen molar-refractivity contribution >= 4 is 17.4 Å². The fourth-order valence-electron chi connectivity index (χ4n) is 5.38. The number of hydrogen-bond donors (Lipinski definition) is 1. The maximum atomic E-state index is 13.6. The van der Waals surface area contributed by atoms with Crippen molar-refractivity contribution in [2.45, 2.75) is 33.4 Å². The number of nitrogens with zero attached hydrogens (tertiary/aromatic N) is 2. The van der Waals surface area contributed by atoms with Crippen molar-refractivity contribution in [3.8, 4) is 23.0 Å². The molecular weight excluding hydrogens is 548 g/mol. The average molecular weight is 589 g/mol. The van der Waals surface area contributed by atoms with E-state index in [1.165, 1.54) is 26.2 Å². The van der Waals surface area contributed by atoms with Gasteiger partial charge in [-0.05, 0) is 67.0 Å². The van der Waals surface area contributed by atoms with Crippen LogP contribution in [-0.2, 0) is 16.2 Å². The van der Waals surface area contributed by atoms with Crippen LogP contribution in [0.2, 0.25) is 0 Å². The molecule has 1 aliphatic rings. The molecule has 0 aliphatic carbocycles. The van der Waals surface area contributed by atoms with Crippen molar-refractivity contribution in [2.24, 2.45) is 0 Å². The van der Waals surface area contributed by atoms with Crippen molar-refractivity contribution in [2.75, 3.05) is 47.5 Å². The van der Waals surface area contributed by atoms with E-state index in [2.05, 4.69) is 4.90 Å². The number of ether oxygens (including phenoxy) is 4. The first-order chi connectivity index (χ1) is 20.8. The van der Waals surface area contributed by atoms with Gasteiger partial charge in [0, 0.05) is 18.7 Å². The van der Waals surface area contributed by atoms with E-state index < -0.39 is 17.7 Å². The fourth-order valence-corrected chi connectivity index (χ4v) is 5.38. The maximum Gasteiger partial charge on any atom is 0.295 e. The molecule has 43 heavy (non-hydrogen) atoms. The summed E-state index contributed by atoms with van der Waals surface area (Å²) in [4.78, 5) is 30.8. The Morgan fingerprint density at radius 3 is 2.12 bits per heavy atom. The third-order valence-electron chi connectivity index (χ3n) is 7.80. The largest absolute Gasteiger partial charge is 0.507 e. The number of ketones is 1. The molecule has 1 heterocycles. The lowest BCUT2D eigenvalue weighted by Crippen LogP contribution is -2.38. The van der Waals surface area contributed by atoms with Gasteiger partial charge in [-0.25, -0.2) is 0 Å². The molecular formula is C34H40N2O7. The monoisotopic (exact) mass is 588 g/mol. The van der Waals surface area contributed by atoms with Gasteiger partial charge in [0.2, 0.25) is 5.75 Å². The first kappa shape index (κ1) is 31.4. The molecule has 3 aromatic carbocycles. The highest BCUT2D eigenvalue weighted by molar-refractivity contribution is 6.46. The van der Waals surface area contributed by atoms with Crippen LogP contribution in [0.3, 0.4) is 0 Å². The van der Waals surface area contributed by atoms with Gasteiger partial charge in [0.15, 0.2) is 11.5 Å². The van der Waals surface area contributed by atoms with E-state index in [-0.39, 0.29) is 17.9 Å². The van der Waals surface area contributed by atoms with Gasteiger partial charge < -0.3 is 33.9 Å². The Kier molecular flexibility index (Phi) is 10.3. The highest BCUT2D eigenvalue weighted by Crippen LogP contribution is 2.46. The molecule has 4 rings (SSSR count). The summed E-state index contributed by atoms with van der Waals surface area (Å²) in [5.41, 5.74) is 2.71. The predicted octanol–water partition coefficient (Wildman–Crippen LogP) is 5.36. The average Bonchev–Trinajstić information content (AvgIpc) is 3.28. The molecule has 1 atom stereocenters. The molecule has 0 spiro atoms. The van der Waals surface area contributed by atoms with Gasteiger partial charge in [0.1, 0.15) is 18.1 Å². The molecule has 1 N–H and O–H groups in total. The fraction of sp³-hybridized carbons (Fsp3) is 0.353. The van der Waals surface area contributed by atoms with E-state index >= 15 is 0 Å². The molecule has 9 nitrogen and oxygen atoms in total. The highest BCUT2D eigenvalue weighted by atomic mass is 16.5. The van der Waals surface area contributed by atoms with Crippen LogP contribution >= 0.6 is 0 Å². The molecule has 1 saturated heterocycles. The number of aliphatic hydroxyl groups is 1. The number of amides is 1. The van der Waals surface area contributed by atoms with Crippen molar-refractivity contribution in [3.05, 3.63) is 88.5 Å². The number of rotatable bonds is 13. The normalized spacial score (nSPS) is 16.1. The predicted molar refractivity (Wildman–Crippen MR) is 165 cm³/mol. The van der Waals surface area contributed by atoms with E-state index in [9.17, 15) is 14.7 Å². The van der Waals surface area contributed by atoms with Gasteiger partial charge in [-0.3, -0.25) is 9.59 Å². The van der Waals surface area contributed by atoms with Crippen LogP contribution < -0.4 is 18.9 Å². The summed E-state index contributed by atoms with van der Waals surface area (Å²) in [6.45, 7) is 8.76. The molecule has 0 aromatic heterocycles. The van der Waals surface area contributed by atoms with Crippen molar-refractivity contribution in [1.29, 1.82) is 0 Å². The summed E-state index contributed by atoms with van der Waals surface area (Å²) in [6.07, 6.45) is 0. The van der Waals surface area contributed by atoms with Gasteiger partial charge in [-0.1, -0.05) is 44.2 Å². The van der Waals surface area contributed by atoms with Crippen LogP contribution in [0, 0.1) is 6.92 Å². The quantitative estimate of drug-likeness (QED) is 0.162. The molecule has 228 valence electrons. The SMILES string of the molecule is CCN(CC)CCN1C(=O)C(=O)C(=C(O)c2ccc(OCc3ccccc3)cc2C)[C@@H]1c1cc(OC)c(OC)c(OC)c1. The van der Waals surface area contributed by atoms with E-state index in [4.69, 9.17) is 18.9 Å². The Balaban J connectivity index is 1.79. The first-order valence-corrected chi connectivity index (χ1v) is 14.4. The van der Waals surface area contributed by atoms with Gasteiger partial charge >= 0.3 is 0 Å². The lowest BCUT2D eigenvalue weighted by atomic mass is 9.93. The van der Waals surface area contributed by atoms with Crippen LogP contribution in [0.25, 0.3) is 5.76 Å². The second kappa shape index (κ2) is 14.1. The third-order valence-corrected chi connectivity index (χ3v) is 7.80. The van der Waals surface area contributed by atoms with Gasteiger partial charge in [0.25, 0.3) is 11.7 Å². The lowest BCUT2D eigenvalue weighted by molar-refractivity contribution is -0.140. The van der Waals surface area contributed by atoms with Crippen LogP contribution in [-0.4, -0.2) is 74.1 Å². The molecule has 1 aliphatic heterocycles. The number of likely N-dealkylation sites (N-methyl/N-ethyl adjacent to an activating group) is 1. The zero-order valence-corrected chi connectivity index (χ0v) is 25.7. The number of aryl methyl sites for hydroxylation is 1. The zero-order valence-electron chi connectivity index (χ0n) is 25.7. The Labute approximate surface area is 253 Å². The lowest BCUT2D eigenvalue weighted by Gasteiger charge is -2.29. The van der Waals surface area contributed by atoms with E-state index in [0.29, 0.717) is 52.8 Å². The Morgan fingerprint density at radius 1 is 0.907 bits per heavy atom. The molecule has 3 aromatic rings. The van der Waals surface area contributed by atoms with Gasteiger partial charge in [-0.15, -0.1) is 0 Å². The molecule has 0 saturated carbocycles. The van der Waals surface area contributed by atoms with Gasteiger partial charge in [-0.2, -0.15) is 0 Å².